The predicted octanol–water partition coefficient (Wildman–Crippen LogP) is 3.55. The molecule has 72 valence electrons. The van der Waals surface area contributed by atoms with E-state index in [0.717, 1.165) is 0 Å². The molecule has 0 aliphatic carbocycles. The molecule has 0 nitrogen and oxygen atoms in total. The third-order valence-electron chi connectivity index (χ3n) is 1.74. The second-order valence-corrected chi connectivity index (χ2v) is 10.8. The third-order valence-corrected chi connectivity index (χ3v) is 6.57. The van der Waals surface area contributed by atoms with E-state index in [0.29, 0.717) is 5.88 Å². The fourth-order valence-corrected chi connectivity index (χ4v) is 3.95. The van der Waals surface area contributed by atoms with Crippen molar-refractivity contribution in [3.8, 4) is 0 Å². The molecule has 0 atom stereocenters. The van der Waals surface area contributed by atoms with Crippen molar-refractivity contribution < 1.29 is 0 Å². The summed E-state index contributed by atoms with van der Waals surface area (Å²) in [6.07, 6.45) is 4.09. The molecule has 0 aromatic carbocycles. The number of alkyl halides is 1. The number of thiophene rings is 1. The van der Waals surface area contributed by atoms with Crippen LogP contribution >= 0.6 is 22.9 Å². The molecule has 1 heterocycles. The average molecular weight is 231 g/mol. The van der Waals surface area contributed by atoms with Gasteiger partial charge in [0, 0.05) is 10.8 Å². The first-order valence-corrected chi connectivity index (χ1v) is 9.22. The highest BCUT2D eigenvalue weighted by Crippen LogP contribution is 2.14. The van der Waals surface area contributed by atoms with E-state index in [1.165, 1.54) is 4.88 Å². The van der Waals surface area contributed by atoms with Crippen LogP contribution in [-0.4, -0.2) is 14.0 Å². The summed E-state index contributed by atoms with van der Waals surface area (Å²) in [6.45, 7) is 7.11. The van der Waals surface area contributed by atoms with Crippen LogP contribution in [0.3, 0.4) is 0 Å². The maximum Gasteiger partial charge on any atom is 0.0904 e. The molecule has 0 aliphatic heterocycles. The molecule has 13 heavy (non-hydrogen) atoms. The van der Waals surface area contributed by atoms with Crippen molar-refractivity contribution in [1.29, 1.82) is 0 Å². The molecular formula is C10H15ClSSi. The topological polar surface area (TPSA) is 0 Å². The van der Waals surface area contributed by atoms with Gasteiger partial charge in [-0.3, -0.25) is 0 Å². The van der Waals surface area contributed by atoms with Crippen molar-refractivity contribution in [3.63, 3.8) is 0 Å². The summed E-state index contributed by atoms with van der Waals surface area (Å²) in [7, 11) is -1.10. The summed E-state index contributed by atoms with van der Waals surface area (Å²) < 4.78 is 1.56. The van der Waals surface area contributed by atoms with E-state index in [-0.39, 0.29) is 0 Å². The van der Waals surface area contributed by atoms with E-state index in [1.54, 1.807) is 4.50 Å². The van der Waals surface area contributed by atoms with Gasteiger partial charge in [-0.15, -0.1) is 22.9 Å². The van der Waals surface area contributed by atoms with E-state index in [2.05, 4.69) is 37.8 Å². The largest absolute Gasteiger partial charge is 0.146 e. The number of allylic oxidation sites excluding steroid dienone is 1. The Morgan fingerprint density at radius 2 is 2.08 bits per heavy atom. The number of rotatable bonds is 3. The Hall–Kier alpha value is -0.0531. The van der Waals surface area contributed by atoms with Crippen LogP contribution in [0, 0.1) is 0 Å². The Morgan fingerprint density at radius 3 is 2.54 bits per heavy atom. The lowest BCUT2D eigenvalue weighted by Gasteiger charge is -2.11. The van der Waals surface area contributed by atoms with Gasteiger partial charge in [0.1, 0.15) is 0 Å². The number of halogens is 1. The van der Waals surface area contributed by atoms with Gasteiger partial charge < -0.3 is 0 Å². The van der Waals surface area contributed by atoms with Crippen molar-refractivity contribution in [1.82, 2.24) is 0 Å². The monoisotopic (exact) mass is 230 g/mol. The normalized spacial score (nSPS) is 12.6. The summed E-state index contributed by atoms with van der Waals surface area (Å²) in [5, 5.41) is 0. The predicted molar refractivity (Wildman–Crippen MR) is 67.1 cm³/mol. The third kappa shape index (κ3) is 3.29. The van der Waals surface area contributed by atoms with Gasteiger partial charge in [-0.2, -0.15) is 0 Å². The first-order chi connectivity index (χ1) is 6.04. The molecule has 3 heteroatoms. The Morgan fingerprint density at radius 1 is 1.38 bits per heavy atom. The van der Waals surface area contributed by atoms with Crippen molar-refractivity contribution in [2.24, 2.45) is 0 Å². The van der Waals surface area contributed by atoms with Crippen LogP contribution in [0.25, 0.3) is 6.08 Å². The Kier molecular flexibility index (Phi) is 3.77. The van der Waals surface area contributed by atoms with Gasteiger partial charge in [-0.1, -0.05) is 31.8 Å². The Balaban J connectivity index is 2.81. The Bertz CT molecular complexity index is 296. The van der Waals surface area contributed by atoms with Crippen LogP contribution in [-0.2, 0) is 0 Å². The molecule has 0 saturated carbocycles. The summed E-state index contributed by atoms with van der Waals surface area (Å²) in [5.74, 6) is 0.597. The van der Waals surface area contributed by atoms with Crippen molar-refractivity contribution in [3.05, 3.63) is 23.1 Å². The molecule has 0 radical (unpaired) electrons. The molecule has 1 aromatic heterocycles. The average Bonchev–Trinajstić information content (AvgIpc) is 2.47. The fourth-order valence-electron chi connectivity index (χ4n) is 1.01. The van der Waals surface area contributed by atoms with E-state index >= 15 is 0 Å². The van der Waals surface area contributed by atoms with Crippen LogP contribution < -0.4 is 4.50 Å². The summed E-state index contributed by atoms with van der Waals surface area (Å²) in [4.78, 5) is 1.32. The zero-order valence-corrected chi connectivity index (χ0v) is 10.9. The SMILES string of the molecule is C[Si](C)(C)c1ccc(/C=C/CCl)s1. The minimum absolute atomic E-state index is 0.597. The number of hydrogen-bond donors (Lipinski definition) is 0. The van der Waals surface area contributed by atoms with E-state index < -0.39 is 8.07 Å². The van der Waals surface area contributed by atoms with Gasteiger partial charge in [0.2, 0.25) is 0 Å². The lowest BCUT2D eigenvalue weighted by Crippen LogP contribution is -2.34. The first kappa shape index (κ1) is 11.0. The highest BCUT2D eigenvalue weighted by atomic mass is 35.5. The van der Waals surface area contributed by atoms with E-state index in [9.17, 15) is 0 Å². The molecule has 0 unspecified atom stereocenters. The van der Waals surface area contributed by atoms with Crippen molar-refractivity contribution >= 4 is 41.6 Å². The van der Waals surface area contributed by atoms with E-state index in [4.69, 9.17) is 11.6 Å². The lowest BCUT2D eigenvalue weighted by molar-refractivity contribution is 1.78. The standard InChI is InChI=1S/C10H15ClSSi/c1-13(2,3)10-7-6-9(12-10)5-4-8-11/h4-7H,8H2,1-3H3/b5-4+. The van der Waals surface area contributed by atoms with Gasteiger partial charge in [0.25, 0.3) is 0 Å². The molecule has 0 spiro atoms. The molecule has 0 amide bonds. The molecule has 0 fully saturated rings. The summed E-state index contributed by atoms with van der Waals surface area (Å²) >= 11 is 7.47. The molecule has 0 N–H and O–H groups in total. The highest BCUT2D eigenvalue weighted by molar-refractivity contribution is 7.27. The minimum Gasteiger partial charge on any atom is -0.146 e. The second kappa shape index (κ2) is 4.44. The van der Waals surface area contributed by atoms with Gasteiger partial charge in [-0.05, 0) is 16.6 Å². The van der Waals surface area contributed by atoms with Gasteiger partial charge in [0.15, 0.2) is 0 Å². The minimum atomic E-state index is -1.10. The molecule has 0 bridgehead atoms. The molecule has 1 aromatic rings. The van der Waals surface area contributed by atoms with E-state index in [1.807, 2.05) is 17.4 Å². The zero-order chi connectivity index (χ0) is 9.90. The number of hydrogen-bond acceptors (Lipinski definition) is 1. The van der Waals surface area contributed by atoms with Crippen molar-refractivity contribution in [2.75, 3.05) is 5.88 Å². The van der Waals surface area contributed by atoms with Crippen LogP contribution in [0.1, 0.15) is 4.88 Å². The zero-order valence-electron chi connectivity index (χ0n) is 8.30. The smallest absolute Gasteiger partial charge is 0.0904 e. The van der Waals surface area contributed by atoms with Crippen LogP contribution in [0.5, 0.6) is 0 Å². The molecular weight excluding hydrogens is 216 g/mol. The fraction of sp³-hybridized carbons (Fsp3) is 0.400. The molecule has 1 rings (SSSR count). The molecule has 0 saturated heterocycles. The first-order valence-electron chi connectivity index (χ1n) is 4.37. The Labute approximate surface area is 90.3 Å². The second-order valence-electron chi connectivity index (χ2n) is 4.01. The van der Waals surface area contributed by atoms with Crippen molar-refractivity contribution in [2.45, 2.75) is 19.6 Å². The summed E-state index contributed by atoms with van der Waals surface area (Å²) in [6, 6.07) is 4.44. The lowest BCUT2D eigenvalue weighted by atomic mass is 10.4. The quantitative estimate of drug-likeness (QED) is 0.551. The van der Waals surface area contributed by atoms with Gasteiger partial charge in [-0.25, -0.2) is 0 Å². The van der Waals surface area contributed by atoms with Crippen LogP contribution in [0.2, 0.25) is 19.6 Å². The maximum absolute atomic E-state index is 5.57. The van der Waals surface area contributed by atoms with Crippen LogP contribution in [0.15, 0.2) is 18.2 Å². The highest BCUT2D eigenvalue weighted by Gasteiger charge is 2.17. The molecule has 0 aliphatic rings. The van der Waals surface area contributed by atoms with Gasteiger partial charge >= 0.3 is 0 Å². The van der Waals surface area contributed by atoms with Crippen LogP contribution in [0.4, 0.5) is 0 Å². The summed E-state index contributed by atoms with van der Waals surface area (Å²) in [5.41, 5.74) is 0. The van der Waals surface area contributed by atoms with Gasteiger partial charge in [0.05, 0.1) is 8.07 Å². The maximum atomic E-state index is 5.57.